The average Bonchev–Trinajstić information content (AvgIpc) is 2.46. The number of halogens is 2. The van der Waals surface area contributed by atoms with Crippen molar-refractivity contribution in [2.45, 2.75) is 6.54 Å². The summed E-state index contributed by atoms with van der Waals surface area (Å²) in [5, 5.41) is 11.3. The van der Waals surface area contributed by atoms with Crippen molar-refractivity contribution in [3.8, 4) is 11.8 Å². The van der Waals surface area contributed by atoms with Gasteiger partial charge >= 0.3 is 0 Å². The molecule has 102 valence electrons. The molecule has 0 fully saturated rings. The summed E-state index contributed by atoms with van der Waals surface area (Å²) in [6.45, 7) is 0.268. The largest absolute Gasteiger partial charge is 0.497 e. The minimum Gasteiger partial charge on any atom is -0.497 e. The van der Waals surface area contributed by atoms with E-state index in [4.69, 9.17) is 10.00 Å². The Morgan fingerprint density at radius 3 is 2.25 bits per heavy atom. The molecule has 20 heavy (non-hydrogen) atoms. The van der Waals surface area contributed by atoms with E-state index in [0.717, 1.165) is 17.7 Å². The lowest BCUT2D eigenvalue weighted by Crippen LogP contribution is -2.04. The van der Waals surface area contributed by atoms with Crippen molar-refractivity contribution < 1.29 is 13.5 Å². The number of hydrogen-bond donors (Lipinski definition) is 1. The molecule has 0 saturated heterocycles. The molecule has 0 bridgehead atoms. The number of nitrogens with zero attached hydrogens (tertiary/aromatic N) is 1. The maximum absolute atomic E-state index is 13.6. The number of hydrogen-bond acceptors (Lipinski definition) is 3. The van der Waals surface area contributed by atoms with E-state index < -0.39 is 11.6 Å². The molecule has 0 aliphatic rings. The lowest BCUT2D eigenvalue weighted by atomic mass is 10.1. The normalized spacial score (nSPS) is 9.90. The summed E-state index contributed by atoms with van der Waals surface area (Å²) in [5.74, 6) is -0.852. The summed E-state index contributed by atoms with van der Waals surface area (Å²) in [5.41, 5.74) is 0.573. The Bertz CT molecular complexity index is 625. The molecule has 5 heteroatoms. The quantitative estimate of drug-likeness (QED) is 0.928. The van der Waals surface area contributed by atoms with Crippen LogP contribution in [-0.4, -0.2) is 7.11 Å². The first kappa shape index (κ1) is 13.8. The predicted octanol–water partition coefficient (Wildman–Crippen LogP) is 3.46. The van der Waals surface area contributed by atoms with Crippen LogP contribution in [0.15, 0.2) is 36.4 Å². The van der Waals surface area contributed by atoms with E-state index >= 15 is 0 Å². The van der Waals surface area contributed by atoms with Gasteiger partial charge in [0.1, 0.15) is 11.4 Å². The number of nitrogens with one attached hydrogen (secondary N) is 1. The summed E-state index contributed by atoms with van der Waals surface area (Å²) in [7, 11) is 1.56. The van der Waals surface area contributed by atoms with Gasteiger partial charge in [-0.05, 0) is 29.8 Å². The predicted molar refractivity (Wildman–Crippen MR) is 71.4 cm³/mol. The Morgan fingerprint density at radius 1 is 1.15 bits per heavy atom. The van der Waals surface area contributed by atoms with Gasteiger partial charge in [0.05, 0.1) is 18.7 Å². The number of anilines is 1. The molecule has 0 amide bonds. The van der Waals surface area contributed by atoms with Gasteiger partial charge in [-0.2, -0.15) is 5.26 Å². The molecule has 0 unspecified atom stereocenters. The van der Waals surface area contributed by atoms with Crippen molar-refractivity contribution in [2.75, 3.05) is 12.4 Å². The van der Waals surface area contributed by atoms with E-state index in [1.54, 1.807) is 37.4 Å². The molecule has 1 N–H and O–H groups in total. The van der Waals surface area contributed by atoms with Gasteiger partial charge in [-0.25, -0.2) is 8.78 Å². The van der Waals surface area contributed by atoms with Crippen molar-refractivity contribution in [1.29, 1.82) is 5.26 Å². The van der Waals surface area contributed by atoms with Crippen LogP contribution in [0.4, 0.5) is 14.5 Å². The fourth-order valence-electron chi connectivity index (χ4n) is 1.74. The molecule has 0 saturated carbocycles. The highest BCUT2D eigenvalue weighted by Crippen LogP contribution is 2.21. The first-order valence-electron chi connectivity index (χ1n) is 5.90. The third-order valence-electron chi connectivity index (χ3n) is 2.80. The Kier molecular flexibility index (Phi) is 4.16. The number of ether oxygens (including phenoxy) is 1. The first-order valence-corrected chi connectivity index (χ1v) is 5.90. The molecular formula is C15H12F2N2O. The summed E-state index contributed by atoms with van der Waals surface area (Å²) in [6.07, 6.45) is 0. The summed E-state index contributed by atoms with van der Waals surface area (Å²) < 4.78 is 32.3. The van der Waals surface area contributed by atoms with Gasteiger partial charge in [0.2, 0.25) is 0 Å². The van der Waals surface area contributed by atoms with Crippen LogP contribution < -0.4 is 10.1 Å². The molecule has 0 spiro atoms. The standard InChI is InChI=1S/C15H12F2N2O/c1-20-12-4-2-10(3-5-12)9-19-15-13(16)6-11(8-18)7-14(15)17/h2-7,19H,9H2,1H3. The van der Waals surface area contributed by atoms with Gasteiger partial charge in [0.25, 0.3) is 0 Å². The van der Waals surface area contributed by atoms with Gasteiger partial charge in [-0.3, -0.25) is 0 Å². The minimum atomic E-state index is -0.782. The van der Waals surface area contributed by atoms with E-state index in [0.29, 0.717) is 5.75 Å². The van der Waals surface area contributed by atoms with Crippen LogP contribution in [0.1, 0.15) is 11.1 Å². The number of benzene rings is 2. The van der Waals surface area contributed by atoms with E-state index in [9.17, 15) is 8.78 Å². The van der Waals surface area contributed by atoms with Crippen LogP contribution in [0.5, 0.6) is 5.75 Å². The molecule has 0 aromatic heterocycles. The van der Waals surface area contributed by atoms with Gasteiger partial charge in [0.15, 0.2) is 11.6 Å². The second-order valence-corrected chi connectivity index (χ2v) is 4.13. The Hall–Kier alpha value is -2.61. The van der Waals surface area contributed by atoms with Crippen LogP contribution in [0.2, 0.25) is 0 Å². The Morgan fingerprint density at radius 2 is 1.75 bits per heavy atom. The molecule has 0 atom stereocenters. The van der Waals surface area contributed by atoms with Gasteiger partial charge in [-0.15, -0.1) is 0 Å². The highest BCUT2D eigenvalue weighted by atomic mass is 19.1. The van der Waals surface area contributed by atoms with Crippen molar-refractivity contribution in [3.63, 3.8) is 0 Å². The lowest BCUT2D eigenvalue weighted by Gasteiger charge is -2.09. The molecule has 0 aliphatic carbocycles. The second-order valence-electron chi connectivity index (χ2n) is 4.13. The summed E-state index contributed by atoms with van der Waals surface area (Å²) in [6, 6.07) is 10.8. The van der Waals surface area contributed by atoms with Crippen molar-refractivity contribution in [1.82, 2.24) is 0 Å². The van der Waals surface area contributed by atoms with Crippen LogP contribution in [0.25, 0.3) is 0 Å². The number of methoxy groups -OCH3 is 1. The third kappa shape index (κ3) is 3.04. The maximum atomic E-state index is 13.6. The first-order chi connectivity index (χ1) is 9.63. The molecule has 2 aromatic rings. The van der Waals surface area contributed by atoms with Crippen LogP contribution in [-0.2, 0) is 6.54 Å². The molecule has 0 radical (unpaired) electrons. The Balaban J connectivity index is 2.12. The van der Waals surface area contributed by atoms with E-state index in [2.05, 4.69) is 5.32 Å². The molecular weight excluding hydrogens is 262 g/mol. The molecule has 0 aliphatic heterocycles. The third-order valence-corrected chi connectivity index (χ3v) is 2.80. The van der Waals surface area contributed by atoms with Gasteiger partial charge in [-0.1, -0.05) is 12.1 Å². The zero-order valence-electron chi connectivity index (χ0n) is 10.8. The highest BCUT2D eigenvalue weighted by Gasteiger charge is 2.10. The van der Waals surface area contributed by atoms with Crippen LogP contribution >= 0.6 is 0 Å². The van der Waals surface area contributed by atoms with Gasteiger partial charge < -0.3 is 10.1 Å². The molecule has 0 heterocycles. The highest BCUT2D eigenvalue weighted by molar-refractivity contribution is 5.50. The maximum Gasteiger partial charge on any atom is 0.150 e. The SMILES string of the molecule is COc1ccc(CNc2c(F)cc(C#N)cc2F)cc1. The van der Waals surface area contributed by atoms with Gasteiger partial charge in [0, 0.05) is 6.54 Å². The summed E-state index contributed by atoms with van der Waals surface area (Å²) >= 11 is 0. The topological polar surface area (TPSA) is 45.0 Å². The van der Waals surface area contributed by atoms with E-state index in [-0.39, 0.29) is 17.8 Å². The number of rotatable bonds is 4. The van der Waals surface area contributed by atoms with Crippen LogP contribution in [0.3, 0.4) is 0 Å². The van der Waals surface area contributed by atoms with Crippen molar-refractivity contribution >= 4 is 5.69 Å². The van der Waals surface area contributed by atoms with E-state index in [1.807, 2.05) is 0 Å². The zero-order chi connectivity index (χ0) is 14.5. The average molecular weight is 274 g/mol. The van der Waals surface area contributed by atoms with Crippen LogP contribution in [0, 0.1) is 23.0 Å². The lowest BCUT2D eigenvalue weighted by molar-refractivity contribution is 0.414. The fraction of sp³-hybridized carbons (Fsp3) is 0.133. The number of nitriles is 1. The smallest absolute Gasteiger partial charge is 0.150 e. The van der Waals surface area contributed by atoms with E-state index in [1.165, 1.54) is 0 Å². The zero-order valence-corrected chi connectivity index (χ0v) is 10.8. The van der Waals surface area contributed by atoms with Crippen molar-refractivity contribution in [3.05, 3.63) is 59.2 Å². The molecule has 2 rings (SSSR count). The fourth-order valence-corrected chi connectivity index (χ4v) is 1.74. The monoisotopic (exact) mass is 274 g/mol. The van der Waals surface area contributed by atoms with Crippen molar-refractivity contribution in [2.24, 2.45) is 0 Å². The molecule has 3 nitrogen and oxygen atoms in total. The molecule has 2 aromatic carbocycles. The minimum absolute atomic E-state index is 0.0463. The Labute approximate surface area is 115 Å². The summed E-state index contributed by atoms with van der Waals surface area (Å²) in [4.78, 5) is 0. The second kappa shape index (κ2) is 6.02.